The third-order valence-corrected chi connectivity index (χ3v) is 4.24. The minimum Gasteiger partial charge on any atom is -0.362 e. The van der Waals surface area contributed by atoms with Crippen LogP contribution in [0.25, 0.3) is 0 Å². The first-order valence-electron chi connectivity index (χ1n) is 7.03. The van der Waals surface area contributed by atoms with Gasteiger partial charge in [-0.3, -0.25) is 0 Å². The lowest BCUT2D eigenvalue weighted by molar-refractivity contribution is 0.490. The van der Waals surface area contributed by atoms with Crippen LogP contribution < -0.4 is 10.2 Å². The number of halogens is 1. The highest BCUT2D eigenvalue weighted by Gasteiger charge is 2.24. The second-order valence-corrected chi connectivity index (χ2v) is 6.23. The van der Waals surface area contributed by atoms with Gasteiger partial charge in [0.05, 0.1) is 6.04 Å². The van der Waals surface area contributed by atoms with Crippen molar-refractivity contribution in [1.82, 2.24) is 5.32 Å². The van der Waals surface area contributed by atoms with Gasteiger partial charge in [-0.15, -0.1) is 0 Å². The molecule has 3 rings (SSSR count). The number of nitrogens with one attached hydrogen (secondary N) is 1. The van der Waals surface area contributed by atoms with Crippen LogP contribution in [0.3, 0.4) is 0 Å². The van der Waals surface area contributed by atoms with Crippen molar-refractivity contribution < 1.29 is 0 Å². The molecule has 0 radical (unpaired) electrons. The monoisotopic (exact) mass is 330 g/mol. The van der Waals surface area contributed by atoms with Crippen LogP contribution in [0.1, 0.15) is 17.2 Å². The minimum absolute atomic E-state index is 0.402. The van der Waals surface area contributed by atoms with Crippen molar-refractivity contribution in [2.24, 2.45) is 0 Å². The average molecular weight is 331 g/mol. The third-order valence-electron chi connectivity index (χ3n) is 3.79. The Labute approximate surface area is 128 Å². The zero-order valence-corrected chi connectivity index (χ0v) is 13.2. The fourth-order valence-electron chi connectivity index (χ4n) is 2.87. The van der Waals surface area contributed by atoms with Gasteiger partial charge in [0.2, 0.25) is 0 Å². The first-order valence-corrected chi connectivity index (χ1v) is 7.83. The summed E-state index contributed by atoms with van der Waals surface area (Å²) in [7, 11) is 0. The molecule has 0 aliphatic carbocycles. The molecule has 1 unspecified atom stereocenters. The smallest absolute Gasteiger partial charge is 0.0667 e. The van der Waals surface area contributed by atoms with E-state index in [2.05, 4.69) is 81.6 Å². The van der Waals surface area contributed by atoms with E-state index in [0.717, 1.165) is 24.1 Å². The maximum Gasteiger partial charge on any atom is 0.0667 e. The zero-order chi connectivity index (χ0) is 13.9. The Bertz CT molecular complexity index is 563. The van der Waals surface area contributed by atoms with E-state index in [9.17, 15) is 0 Å². The van der Waals surface area contributed by atoms with Crippen molar-refractivity contribution in [3.8, 4) is 0 Å². The number of nitrogens with zero attached hydrogens (tertiary/aromatic N) is 1. The number of piperazine rings is 1. The van der Waals surface area contributed by atoms with Crippen molar-refractivity contribution in [2.45, 2.75) is 13.0 Å². The molecule has 0 aromatic heterocycles. The lowest BCUT2D eigenvalue weighted by Gasteiger charge is -2.38. The maximum absolute atomic E-state index is 3.61. The number of benzene rings is 2. The van der Waals surface area contributed by atoms with Crippen LogP contribution in [0.4, 0.5) is 5.69 Å². The van der Waals surface area contributed by atoms with Crippen LogP contribution in [0, 0.1) is 6.92 Å². The van der Waals surface area contributed by atoms with Gasteiger partial charge in [-0.2, -0.15) is 0 Å². The highest BCUT2D eigenvalue weighted by atomic mass is 79.9. The molecule has 2 aromatic carbocycles. The van der Waals surface area contributed by atoms with Gasteiger partial charge in [0.25, 0.3) is 0 Å². The van der Waals surface area contributed by atoms with Gasteiger partial charge < -0.3 is 10.2 Å². The number of anilines is 1. The quantitative estimate of drug-likeness (QED) is 0.898. The topological polar surface area (TPSA) is 15.3 Å². The van der Waals surface area contributed by atoms with Gasteiger partial charge in [-0.25, -0.2) is 0 Å². The molecule has 0 bridgehead atoms. The summed E-state index contributed by atoms with van der Waals surface area (Å²) in [5.41, 5.74) is 3.96. The van der Waals surface area contributed by atoms with Crippen LogP contribution in [-0.2, 0) is 0 Å². The molecule has 0 amide bonds. The fourth-order valence-corrected chi connectivity index (χ4v) is 3.46. The minimum atomic E-state index is 0.402. The molecule has 1 fully saturated rings. The lowest BCUT2D eigenvalue weighted by Crippen LogP contribution is -2.46. The summed E-state index contributed by atoms with van der Waals surface area (Å²) < 4.78 is 1.15. The molecule has 2 aromatic rings. The third kappa shape index (κ3) is 2.89. The molecule has 1 saturated heterocycles. The summed E-state index contributed by atoms with van der Waals surface area (Å²) in [5, 5.41) is 3.51. The molecule has 0 saturated carbocycles. The Morgan fingerprint density at radius 1 is 1.15 bits per heavy atom. The van der Waals surface area contributed by atoms with Gasteiger partial charge in [-0.1, -0.05) is 46.3 Å². The van der Waals surface area contributed by atoms with E-state index in [1.807, 2.05) is 0 Å². The molecule has 1 aliphatic heterocycles. The summed E-state index contributed by atoms with van der Waals surface area (Å²) in [4.78, 5) is 2.50. The van der Waals surface area contributed by atoms with Gasteiger partial charge in [0, 0.05) is 29.8 Å². The first kappa shape index (κ1) is 13.7. The van der Waals surface area contributed by atoms with E-state index < -0.39 is 0 Å². The molecule has 1 aliphatic rings. The molecule has 2 nitrogen and oxygen atoms in total. The van der Waals surface area contributed by atoms with Crippen molar-refractivity contribution in [1.29, 1.82) is 0 Å². The van der Waals surface area contributed by atoms with Crippen molar-refractivity contribution >= 4 is 21.6 Å². The number of hydrogen-bond donors (Lipinski definition) is 1. The maximum atomic E-state index is 3.61. The van der Waals surface area contributed by atoms with Gasteiger partial charge in [0.1, 0.15) is 0 Å². The SMILES string of the molecule is Cc1cc(Br)cc(N2CCNCC2c2ccccc2)c1. The zero-order valence-electron chi connectivity index (χ0n) is 11.6. The van der Waals surface area contributed by atoms with Crippen LogP contribution in [-0.4, -0.2) is 19.6 Å². The molecular formula is C17H19BrN2. The Hall–Kier alpha value is -1.32. The second kappa shape index (κ2) is 5.98. The largest absolute Gasteiger partial charge is 0.362 e. The molecule has 104 valence electrons. The van der Waals surface area contributed by atoms with E-state index in [4.69, 9.17) is 0 Å². The Balaban J connectivity index is 1.96. The second-order valence-electron chi connectivity index (χ2n) is 5.31. The lowest BCUT2D eigenvalue weighted by atomic mass is 10.0. The van der Waals surface area contributed by atoms with Crippen molar-refractivity contribution in [3.63, 3.8) is 0 Å². The summed E-state index contributed by atoms with van der Waals surface area (Å²) in [5.74, 6) is 0. The summed E-state index contributed by atoms with van der Waals surface area (Å²) in [6, 6.07) is 17.8. The van der Waals surface area contributed by atoms with Crippen LogP contribution >= 0.6 is 15.9 Å². The summed E-state index contributed by atoms with van der Waals surface area (Å²) in [6.07, 6.45) is 0. The van der Waals surface area contributed by atoms with E-state index in [1.165, 1.54) is 16.8 Å². The Morgan fingerprint density at radius 3 is 2.70 bits per heavy atom. The highest BCUT2D eigenvalue weighted by Crippen LogP contribution is 2.31. The van der Waals surface area contributed by atoms with E-state index in [1.54, 1.807) is 0 Å². The highest BCUT2D eigenvalue weighted by molar-refractivity contribution is 9.10. The predicted molar refractivity (Wildman–Crippen MR) is 88.3 cm³/mol. The van der Waals surface area contributed by atoms with Crippen molar-refractivity contribution in [3.05, 3.63) is 64.1 Å². The average Bonchev–Trinajstić information content (AvgIpc) is 2.47. The fraction of sp³-hybridized carbons (Fsp3) is 0.294. The molecule has 1 heterocycles. The van der Waals surface area contributed by atoms with Crippen molar-refractivity contribution in [2.75, 3.05) is 24.5 Å². The van der Waals surface area contributed by atoms with Crippen LogP contribution in [0.15, 0.2) is 53.0 Å². The summed E-state index contributed by atoms with van der Waals surface area (Å²) in [6.45, 7) is 5.22. The molecule has 1 N–H and O–H groups in total. The predicted octanol–water partition coefficient (Wildman–Crippen LogP) is 3.91. The van der Waals surface area contributed by atoms with Gasteiger partial charge in [-0.05, 0) is 36.2 Å². The van der Waals surface area contributed by atoms with E-state index >= 15 is 0 Å². The molecule has 0 spiro atoms. The first-order chi connectivity index (χ1) is 9.74. The van der Waals surface area contributed by atoms with Gasteiger partial charge >= 0.3 is 0 Å². The van der Waals surface area contributed by atoms with Crippen LogP contribution in [0.5, 0.6) is 0 Å². The van der Waals surface area contributed by atoms with E-state index in [-0.39, 0.29) is 0 Å². The number of rotatable bonds is 2. The summed E-state index contributed by atoms with van der Waals surface area (Å²) >= 11 is 3.61. The number of aryl methyl sites for hydroxylation is 1. The van der Waals surface area contributed by atoms with Crippen LogP contribution in [0.2, 0.25) is 0 Å². The Kier molecular flexibility index (Phi) is 4.08. The van der Waals surface area contributed by atoms with Gasteiger partial charge in [0.15, 0.2) is 0 Å². The standard InChI is InChI=1S/C17H19BrN2/c1-13-9-15(18)11-16(10-13)20-8-7-19-12-17(20)14-5-3-2-4-6-14/h2-6,9-11,17,19H,7-8,12H2,1H3. The number of hydrogen-bond acceptors (Lipinski definition) is 2. The molecule has 20 heavy (non-hydrogen) atoms. The normalized spacial score (nSPS) is 19.1. The van der Waals surface area contributed by atoms with E-state index in [0.29, 0.717) is 6.04 Å². The Morgan fingerprint density at radius 2 is 1.95 bits per heavy atom. The molecule has 3 heteroatoms. The molecule has 1 atom stereocenters. The molecular weight excluding hydrogens is 312 g/mol.